The van der Waals surface area contributed by atoms with Gasteiger partial charge in [0.15, 0.2) is 6.61 Å². The summed E-state index contributed by atoms with van der Waals surface area (Å²) in [7, 11) is 2.14. The van der Waals surface area contributed by atoms with Crippen molar-refractivity contribution in [2.75, 3.05) is 44.7 Å². The van der Waals surface area contributed by atoms with E-state index in [-0.39, 0.29) is 12.5 Å². The number of aryl methyl sites for hydroxylation is 2. The number of carbonyl (C=O) groups excluding carboxylic acids is 1. The number of nitrogens with zero attached hydrogens (tertiary/aromatic N) is 3. The second kappa shape index (κ2) is 8.86. The number of hydrogen-bond donors (Lipinski definition) is 1. The Bertz CT molecular complexity index is 748. The van der Waals surface area contributed by atoms with Crippen molar-refractivity contribution in [1.82, 2.24) is 15.2 Å². The third-order valence-electron chi connectivity index (χ3n) is 4.88. The summed E-state index contributed by atoms with van der Waals surface area (Å²) in [5, 5.41) is 2.89. The number of amides is 1. The second-order valence-electron chi connectivity index (χ2n) is 7.10. The first kappa shape index (κ1) is 19.2. The second-order valence-corrected chi connectivity index (χ2v) is 7.10. The van der Waals surface area contributed by atoms with Gasteiger partial charge in [-0.2, -0.15) is 0 Å². The molecule has 144 valence electrons. The third kappa shape index (κ3) is 5.20. The van der Waals surface area contributed by atoms with Crippen molar-refractivity contribution in [3.8, 4) is 5.75 Å². The van der Waals surface area contributed by atoms with Crippen LogP contribution in [0.4, 0.5) is 5.82 Å². The predicted octanol–water partition coefficient (Wildman–Crippen LogP) is 2.15. The molecule has 1 saturated heterocycles. The van der Waals surface area contributed by atoms with Gasteiger partial charge in [0.2, 0.25) is 0 Å². The number of aromatic nitrogens is 1. The van der Waals surface area contributed by atoms with E-state index < -0.39 is 0 Å². The lowest BCUT2D eigenvalue weighted by molar-refractivity contribution is -0.123. The van der Waals surface area contributed by atoms with E-state index in [0.29, 0.717) is 6.54 Å². The van der Waals surface area contributed by atoms with Crippen molar-refractivity contribution in [2.45, 2.75) is 20.4 Å². The fourth-order valence-electron chi connectivity index (χ4n) is 3.16. The first-order chi connectivity index (χ1) is 13.0. The summed E-state index contributed by atoms with van der Waals surface area (Å²) >= 11 is 0. The van der Waals surface area contributed by atoms with Gasteiger partial charge in [0.25, 0.3) is 5.91 Å². The molecule has 1 aromatic carbocycles. The molecule has 27 heavy (non-hydrogen) atoms. The maximum absolute atomic E-state index is 12.1. The summed E-state index contributed by atoms with van der Waals surface area (Å²) in [4.78, 5) is 21.2. The van der Waals surface area contributed by atoms with E-state index in [1.54, 1.807) is 0 Å². The van der Waals surface area contributed by atoms with Crippen LogP contribution in [0.5, 0.6) is 5.75 Å². The van der Waals surface area contributed by atoms with Gasteiger partial charge >= 0.3 is 0 Å². The quantitative estimate of drug-likeness (QED) is 0.847. The number of carbonyl (C=O) groups is 1. The molecular formula is C21H28N4O2. The predicted molar refractivity (Wildman–Crippen MR) is 107 cm³/mol. The lowest BCUT2D eigenvalue weighted by atomic mass is 10.1. The van der Waals surface area contributed by atoms with Gasteiger partial charge in [0.05, 0.1) is 0 Å². The molecule has 1 aliphatic rings. The monoisotopic (exact) mass is 368 g/mol. The van der Waals surface area contributed by atoms with Crippen LogP contribution in [-0.4, -0.2) is 55.6 Å². The van der Waals surface area contributed by atoms with Gasteiger partial charge in [-0.3, -0.25) is 4.79 Å². The van der Waals surface area contributed by atoms with Gasteiger partial charge < -0.3 is 19.9 Å². The molecule has 1 amide bonds. The van der Waals surface area contributed by atoms with Gasteiger partial charge in [0.1, 0.15) is 11.6 Å². The first-order valence-corrected chi connectivity index (χ1v) is 9.37. The largest absolute Gasteiger partial charge is 0.483 e. The fraction of sp³-hybridized carbons (Fsp3) is 0.429. The van der Waals surface area contributed by atoms with Crippen LogP contribution in [0.2, 0.25) is 0 Å². The van der Waals surface area contributed by atoms with Gasteiger partial charge in [-0.05, 0) is 43.7 Å². The van der Waals surface area contributed by atoms with Crippen LogP contribution in [0.1, 0.15) is 16.7 Å². The standard InChI is InChI=1S/C21H28N4O2/c1-16-5-4-6-17(2)21(16)27-15-20(26)23-14-18-7-8-19(22-13-18)25-11-9-24(3)10-12-25/h4-8,13H,9-12,14-15H2,1-3H3,(H,23,26). The topological polar surface area (TPSA) is 57.7 Å². The summed E-state index contributed by atoms with van der Waals surface area (Å²) < 4.78 is 5.69. The molecular weight excluding hydrogens is 340 g/mol. The molecule has 0 bridgehead atoms. The number of nitrogens with one attached hydrogen (secondary N) is 1. The molecule has 0 radical (unpaired) electrons. The molecule has 1 aromatic heterocycles. The number of benzene rings is 1. The minimum absolute atomic E-state index is 0.0124. The molecule has 6 nitrogen and oxygen atoms in total. The Labute approximate surface area is 161 Å². The Hall–Kier alpha value is -2.60. The molecule has 1 aliphatic heterocycles. The van der Waals surface area contributed by atoms with Crippen molar-refractivity contribution < 1.29 is 9.53 Å². The Morgan fingerprint density at radius 1 is 1.11 bits per heavy atom. The highest BCUT2D eigenvalue weighted by atomic mass is 16.5. The Morgan fingerprint density at radius 2 is 1.81 bits per heavy atom. The van der Waals surface area contributed by atoms with Crippen molar-refractivity contribution in [2.24, 2.45) is 0 Å². The summed E-state index contributed by atoms with van der Waals surface area (Å²) in [6.07, 6.45) is 1.83. The summed E-state index contributed by atoms with van der Waals surface area (Å²) in [6.45, 7) is 8.52. The number of piperazine rings is 1. The minimum Gasteiger partial charge on any atom is -0.483 e. The van der Waals surface area contributed by atoms with Crippen LogP contribution in [-0.2, 0) is 11.3 Å². The summed E-state index contributed by atoms with van der Waals surface area (Å²) in [5.41, 5.74) is 3.05. The number of likely N-dealkylation sites (N-methyl/N-ethyl adjacent to an activating group) is 1. The van der Waals surface area contributed by atoms with E-state index in [2.05, 4.69) is 27.1 Å². The van der Waals surface area contributed by atoms with Crippen LogP contribution in [0, 0.1) is 13.8 Å². The van der Waals surface area contributed by atoms with Gasteiger partial charge in [-0.15, -0.1) is 0 Å². The number of ether oxygens (including phenoxy) is 1. The fourth-order valence-corrected chi connectivity index (χ4v) is 3.16. The van der Waals surface area contributed by atoms with E-state index in [4.69, 9.17) is 4.74 Å². The molecule has 0 unspecified atom stereocenters. The minimum atomic E-state index is -0.138. The van der Waals surface area contributed by atoms with Crippen LogP contribution >= 0.6 is 0 Å². The summed E-state index contributed by atoms with van der Waals surface area (Å²) in [6, 6.07) is 9.99. The first-order valence-electron chi connectivity index (χ1n) is 9.37. The molecule has 0 spiro atoms. The average molecular weight is 368 g/mol. The van der Waals surface area contributed by atoms with Crippen LogP contribution < -0.4 is 15.0 Å². The maximum atomic E-state index is 12.1. The highest BCUT2D eigenvalue weighted by Gasteiger charge is 2.15. The normalized spacial score (nSPS) is 14.9. The molecule has 2 heterocycles. The van der Waals surface area contributed by atoms with E-state index in [0.717, 1.165) is 54.4 Å². The van der Waals surface area contributed by atoms with Crippen LogP contribution in [0.25, 0.3) is 0 Å². The van der Waals surface area contributed by atoms with Crippen molar-refractivity contribution >= 4 is 11.7 Å². The lowest BCUT2D eigenvalue weighted by Crippen LogP contribution is -2.44. The Morgan fingerprint density at radius 3 is 2.44 bits per heavy atom. The number of anilines is 1. The Balaban J connectivity index is 1.46. The molecule has 2 aromatic rings. The van der Waals surface area contributed by atoms with Gasteiger partial charge in [-0.25, -0.2) is 4.98 Å². The lowest BCUT2D eigenvalue weighted by Gasteiger charge is -2.33. The number of rotatable bonds is 6. The SMILES string of the molecule is Cc1cccc(C)c1OCC(=O)NCc1ccc(N2CCN(C)CC2)nc1. The van der Waals surface area contributed by atoms with Crippen molar-refractivity contribution in [1.29, 1.82) is 0 Å². The highest BCUT2D eigenvalue weighted by molar-refractivity contribution is 5.77. The van der Waals surface area contributed by atoms with E-state index >= 15 is 0 Å². The zero-order chi connectivity index (χ0) is 19.2. The average Bonchev–Trinajstić information content (AvgIpc) is 2.67. The molecule has 1 N–H and O–H groups in total. The molecule has 0 saturated carbocycles. The molecule has 6 heteroatoms. The number of para-hydroxylation sites is 1. The van der Waals surface area contributed by atoms with Crippen molar-refractivity contribution in [3.05, 3.63) is 53.2 Å². The third-order valence-corrected chi connectivity index (χ3v) is 4.88. The van der Waals surface area contributed by atoms with E-state index in [1.165, 1.54) is 0 Å². The summed E-state index contributed by atoms with van der Waals surface area (Å²) in [5.74, 6) is 1.64. The van der Waals surface area contributed by atoms with Crippen LogP contribution in [0.15, 0.2) is 36.5 Å². The Kier molecular flexibility index (Phi) is 6.29. The molecule has 0 atom stereocenters. The number of hydrogen-bond acceptors (Lipinski definition) is 5. The maximum Gasteiger partial charge on any atom is 0.258 e. The molecule has 1 fully saturated rings. The molecule has 3 rings (SSSR count). The van der Waals surface area contributed by atoms with Gasteiger partial charge in [-0.1, -0.05) is 24.3 Å². The zero-order valence-corrected chi connectivity index (χ0v) is 16.4. The molecule has 0 aliphatic carbocycles. The van der Waals surface area contributed by atoms with Crippen LogP contribution in [0.3, 0.4) is 0 Å². The smallest absolute Gasteiger partial charge is 0.258 e. The van der Waals surface area contributed by atoms with E-state index in [1.807, 2.05) is 50.4 Å². The number of pyridine rings is 1. The van der Waals surface area contributed by atoms with Crippen molar-refractivity contribution in [3.63, 3.8) is 0 Å². The highest BCUT2D eigenvalue weighted by Crippen LogP contribution is 2.22. The van der Waals surface area contributed by atoms with E-state index in [9.17, 15) is 4.79 Å². The zero-order valence-electron chi connectivity index (χ0n) is 16.4. The van der Waals surface area contributed by atoms with Gasteiger partial charge in [0, 0.05) is 38.9 Å².